The summed E-state index contributed by atoms with van der Waals surface area (Å²) in [5.41, 5.74) is 2.44. The molecule has 1 aromatic heterocycles. The number of hydrogen-bond donors (Lipinski definition) is 1. The molecule has 6 nitrogen and oxygen atoms in total. The van der Waals surface area contributed by atoms with Crippen LogP contribution in [0.4, 0.5) is 4.79 Å². The molecule has 0 radical (unpaired) electrons. The molecule has 2 aliphatic carbocycles. The number of aryl methyl sites for hydroxylation is 1. The maximum atomic E-state index is 11.6. The van der Waals surface area contributed by atoms with Crippen molar-refractivity contribution >= 4 is 14.1 Å². The lowest BCUT2D eigenvalue weighted by atomic mass is 10.0. The van der Waals surface area contributed by atoms with Gasteiger partial charge in [0, 0.05) is 12.2 Å². The zero-order valence-electron chi connectivity index (χ0n) is 13.5. The summed E-state index contributed by atoms with van der Waals surface area (Å²) in [5.74, 6) is 1.93. The van der Waals surface area contributed by atoms with Gasteiger partial charge in [0.2, 0.25) is 0 Å². The normalized spacial score (nSPS) is 26.3. The highest BCUT2D eigenvalue weighted by atomic mass is 16.5. The van der Waals surface area contributed by atoms with Gasteiger partial charge in [0.25, 0.3) is 7.98 Å². The van der Waals surface area contributed by atoms with Gasteiger partial charge in [0.15, 0.2) is 0 Å². The number of fused-ring (bicyclic) bond motifs is 2. The van der Waals surface area contributed by atoms with Gasteiger partial charge >= 0.3 is 6.09 Å². The second-order valence-corrected chi connectivity index (χ2v) is 6.55. The molecule has 22 heavy (non-hydrogen) atoms. The SMILES string of the molecule is Bn1nnc2c1CCC1C(CC2)C1COC(=O)NCCCC. The highest BCUT2D eigenvalue weighted by molar-refractivity contribution is 6.06. The first kappa shape index (κ1) is 15.4. The van der Waals surface area contributed by atoms with Crippen LogP contribution in [0.25, 0.3) is 0 Å². The fourth-order valence-corrected chi connectivity index (χ4v) is 3.74. The van der Waals surface area contributed by atoms with Crippen LogP contribution in [0.2, 0.25) is 0 Å². The van der Waals surface area contributed by atoms with E-state index in [4.69, 9.17) is 4.74 Å². The third-order valence-electron chi connectivity index (χ3n) is 5.17. The monoisotopic (exact) mass is 304 g/mol. The lowest BCUT2D eigenvalue weighted by molar-refractivity contribution is 0.137. The van der Waals surface area contributed by atoms with E-state index in [1.54, 1.807) is 0 Å². The molecule has 1 amide bonds. The van der Waals surface area contributed by atoms with Gasteiger partial charge in [-0.2, -0.15) is 0 Å². The smallest absolute Gasteiger partial charge is 0.407 e. The first-order valence-electron chi connectivity index (χ1n) is 8.48. The van der Waals surface area contributed by atoms with Crippen LogP contribution in [-0.2, 0) is 17.6 Å². The zero-order chi connectivity index (χ0) is 15.5. The minimum atomic E-state index is -0.262. The zero-order valence-corrected chi connectivity index (χ0v) is 13.5. The summed E-state index contributed by atoms with van der Waals surface area (Å²) in [6.07, 6.45) is 6.16. The highest BCUT2D eigenvalue weighted by Crippen LogP contribution is 2.52. The Morgan fingerprint density at radius 2 is 2.18 bits per heavy atom. The van der Waals surface area contributed by atoms with E-state index >= 15 is 0 Å². The van der Waals surface area contributed by atoms with Gasteiger partial charge in [-0.1, -0.05) is 18.6 Å². The van der Waals surface area contributed by atoms with Gasteiger partial charge in [-0.05, 0) is 49.9 Å². The number of amides is 1. The Morgan fingerprint density at radius 3 is 2.95 bits per heavy atom. The van der Waals surface area contributed by atoms with E-state index in [1.807, 2.05) is 12.6 Å². The summed E-state index contributed by atoms with van der Waals surface area (Å²) in [7, 11) is 1.97. The Balaban J connectivity index is 1.44. The van der Waals surface area contributed by atoms with Crippen molar-refractivity contribution in [2.45, 2.75) is 45.4 Å². The molecule has 0 aromatic carbocycles. The Bertz CT molecular complexity index is 534. The molecule has 0 saturated heterocycles. The molecule has 7 heteroatoms. The molecule has 1 aromatic rings. The topological polar surface area (TPSA) is 69.0 Å². The van der Waals surface area contributed by atoms with Crippen molar-refractivity contribution in [2.75, 3.05) is 13.2 Å². The number of carbonyl (C=O) groups is 1. The molecule has 3 unspecified atom stereocenters. The van der Waals surface area contributed by atoms with Gasteiger partial charge in [-0.25, -0.2) is 4.79 Å². The molecule has 1 heterocycles. The second kappa shape index (κ2) is 6.71. The van der Waals surface area contributed by atoms with Crippen LogP contribution < -0.4 is 5.32 Å². The molecular weight excluding hydrogens is 279 g/mol. The maximum Gasteiger partial charge on any atom is 0.407 e. The van der Waals surface area contributed by atoms with Crippen molar-refractivity contribution in [3.63, 3.8) is 0 Å². The van der Waals surface area contributed by atoms with E-state index in [0.29, 0.717) is 30.9 Å². The molecule has 0 aliphatic heterocycles. The lowest BCUT2D eigenvalue weighted by Gasteiger charge is -2.08. The molecule has 3 rings (SSSR count). The average Bonchev–Trinajstić information content (AvgIpc) is 3.02. The molecular formula is C15H25BN4O2. The van der Waals surface area contributed by atoms with Crippen LogP contribution in [-0.4, -0.2) is 42.1 Å². The van der Waals surface area contributed by atoms with E-state index in [0.717, 1.165) is 44.2 Å². The maximum absolute atomic E-state index is 11.6. The molecule has 1 N–H and O–H groups in total. The summed E-state index contributed by atoms with van der Waals surface area (Å²) in [6, 6.07) is 0. The van der Waals surface area contributed by atoms with Crippen molar-refractivity contribution in [1.82, 2.24) is 20.2 Å². The summed E-state index contributed by atoms with van der Waals surface area (Å²) < 4.78 is 7.29. The Hall–Kier alpha value is -1.53. The van der Waals surface area contributed by atoms with Crippen LogP contribution in [0.3, 0.4) is 0 Å². The summed E-state index contributed by atoms with van der Waals surface area (Å²) in [6.45, 7) is 3.38. The number of ether oxygens (including phenoxy) is 1. The van der Waals surface area contributed by atoms with Crippen LogP contribution in [0.5, 0.6) is 0 Å². The predicted molar refractivity (Wildman–Crippen MR) is 85.3 cm³/mol. The minimum absolute atomic E-state index is 0.262. The van der Waals surface area contributed by atoms with Crippen LogP contribution in [0, 0.1) is 17.8 Å². The van der Waals surface area contributed by atoms with Gasteiger partial charge in [0.05, 0.1) is 12.3 Å². The third kappa shape index (κ3) is 3.28. The Kier molecular flexibility index (Phi) is 4.69. The quantitative estimate of drug-likeness (QED) is 0.649. The standard InChI is InChI=1S/C15H25BN4O2/c1-2-3-8-17-15(21)22-9-12-10-4-6-13-14(7-5-11(10)12)20(16)19-18-13/h10-12H,2-9,16H2,1H3,(H,17,21). The number of alkyl carbamates (subject to hydrolysis) is 1. The van der Waals surface area contributed by atoms with E-state index in [9.17, 15) is 4.79 Å². The molecule has 0 spiro atoms. The number of nitrogens with zero attached hydrogens (tertiary/aromatic N) is 3. The van der Waals surface area contributed by atoms with Crippen LogP contribution >= 0.6 is 0 Å². The number of unbranched alkanes of at least 4 members (excludes halogenated alkanes) is 1. The van der Waals surface area contributed by atoms with Crippen LogP contribution in [0.15, 0.2) is 0 Å². The number of nitrogens with one attached hydrogen (secondary N) is 1. The van der Waals surface area contributed by atoms with E-state index in [2.05, 4.69) is 22.6 Å². The molecule has 3 atom stereocenters. The number of hydrogen-bond acceptors (Lipinski definition) is 4. The molecule has 0 bridgehead atoms. The van der Waals surface area contributed by atoms with Gasteiger partial charge in [0.1, 0.15) is 0 Å². The fourth-order valence-electron chi connectivity index (χ4n) is 3.74. The predicted octanol–water partition coefficient (Wildman–Crippen LogP) is 0.942. The van der Waals surface area contributed by atoms with Crippen LogP contribution in [0.1, 0.15) is 44.0 Å². The second-order valence-electron chi connectivity index (χ2n) is 6.55. The highest BCUT2D eigenvalue weighted by Gasteiger charge is 2.50. The Labute approximate surface area is 132 Å². The molecule has 1 saturated carbocycles. The van der Waals surface area contributed by atoms with Crippen molar-refractivity contribution in [2.24, 2.45) is 17.8 Å². The third-order valence-corrected chi connectivity index (χ3v) is 5.17. The summed E-state index contributed by atoms with van der Waals surface area (Å²) in [5, 5.41) is 11.2. The summed E-state index contributed by atoms with van der Waals surface area (Å²) in [4.78, 5) is 11.6. The van der Waals surface area contributed by atoms with E-state index in [1.165, 1.54) is 5.69 Å². The number of carbonyl (C=O) groups excluding carboxylic acids is 1. The number of rotatable bonds is 5. The van der Waals surface area contributed by atoms with Crippen molar-refractivity contribution < 1.29 is 9.53 Å². The molecule has 2 aliphatic rings. The molecule has 1 fully saturated rings. The largest absolute Gasteiger partial charge is 0.449 e. The van der Waals surface area contributed by atoms with Gasteiger partial charge < -0.3 is 14.6 Å². The van der Waals surface area contributed by atoms with E-state index < -0.39 is 0 Å². The fraction of sp³-hybridized carbons (Fsp3) is 0.800. The first-order valence-corrected chi connectivity index (χ1v) is 8.48. The Morgan fingerprint density at radius 1 is 1.41 bits per heavy atom. The molecule has 120 valence electrons. The lowest BCUT2D eigenvalue weighted by Crippen LogP contribution is -2.26. The van der Waals surface area contributed by atoms with E-state index in [-0.39, 0.29) is 6.09 Å². The van der Waals surface area contributed by atoms with Crippen molar-refractivity contribution in [3.05, 3.63) is 11.4 Å². The first-order chi connectivity index (χ1) is 10.7. The van der Waals surface area contributed by atoms with Crippen molar-refractivity contribution in [3.8, 4) is 0 Å². The number of aromatic nitrogens is 3. The minimum Gasteiger partial charge on any atom is -0.449 e. The van der Waals surface area contributed by atoms with Gasteiger partial charge in [-0.15, -0.1) is 5.10 Å². The van der Waals surface area contributed by atoms with Gasteiger partial charge in [-0.3, -0.25) is 0 Å². The average molecular weight is 304 g/mol. The summed E-state index contributed by atoms with van der Waals surface area (Å²) >= 11 is 0. The van der Waals surface area contributed by atoms with Crippen molar-refractivity contribution in [1.29, 1.82) is 0 Å².